The molecule has 2 heterocycles. The predicted octanol–water partition coefficient (Wildman–Crippen LogP) is 3.27. The summed E-state index contributed by atoms with van der Waals surface area (Å²) in [5.74, 6) is 0.394. The van der Waals surface area contributed by atoms with E-state index in [9.17, 15) is 4.79 Å². The van der Waals surface area contributed by atoms with E-state index < -0.39 is 0 Å². The number of nitrogens with zero attached hydrogens (tertiary/aromatic N) is 1. The number of hydrogen-bond acceptors (Lipinski definition) is 5. The van der Waals surface area contributed by atoms with Gasteiger partial charge in [-0.25, -0.2) is 4.98 Å². The van der Waals surface area contributed by atoms with Gasteiger partial charge in [0.05, 0.1) is 17.0 Å². The molecule has 0 spiro atoms. The molecule has 4 nitrogen and oxygen atoms in total. The number of aromatic nitrogens is 1. The van der Waals surface area contributed by atoms with Gasteiger partial charge in [-0.2, -0.15) is 0 Å². The van der Waals surface area contributed by atoms with E-state index >= 15 is 0 Å². The maximum absolute atomic E-state index is 12.4. The first-order chi connectivity index (χ1) is 10.3. The molecule has 0 atom stereocenters. The van der Waals surface area contributed by atoms with Crippen LogP contribution in [0.25, 0.3) is 0 Å². The maximum Gasteiger partial charge on any atom is 0.224 e. The third-order valence-corrected chi connectivity index (χ3v) is 3.97. The van der Waals surface area contributed by atoms with Crippen LogP contribution >= 0.6 is 11.3 Å². The molecular weight excluding hydrogens is 284 g/mol. The summed E-state index contributed by atoms with van der Waals surface area (Å²) >= 11 is 1.43. The molecule has 0 fully saturated rings. The van der Waals surface area contributed by atoms with Crippen molar-refractivity contribution in [1.82, 2.24) is 4.98 Å². The molecule has 5 heteroatoms. The normalized spacial score (nSPS) is 10.5. The highest BCUT2D eigenvalue weighted by Gasteiger charge is 2.16. The van der Waals surface area contributed by atoms with Crippen molar-refractivity contribution >= 4 is 17.1 Å². The van der Waals surface area contributed by atoms with Crippen molar-refractivity contribution in [2.24, 2.45) is 5.73 Å². The Hall–Kier alpha value is -1.72. The molecule has 0 aromatic carbocycles. The van der Waals surface area contributed by atoms with Crippen molar-refractivity contribution in [2.75, 3.05) is 13.2 Å². The molecular formula is C16H20N2O2S. The fourth-order valence-electron chi connectivity index (χ4n) is 1.99. The average molecular weight is 304 g/mol. The van der Waals surface area contributed by atoms with Crippen LogP contribution in [0.15, 0.2) is 35.8 Å². The van der Waals surface area contributed by atoms with Crippen molar-refractivity contribution in [3.05, 3.63) is 46.3 Å². The molecule has 0 aliphatic rings. The monoisotopic (exact) mass is 304 g/mol. The summed E-state index contributed by atoms with van der Waals surface area (Å²) in [5.41, 5.74) is 5.99. The zero-order valence-corrected chi connectivity index (χ0v) is 12.8. The number of thiophene rings is 1. The Kier molecular flexibility index (Phi) is 6.37. The van der Waals surface area contributed by atoms with E-state index in [4.69, 9.17) is 10.5 Å². The highest BCUT2D eigenvalue weighted by atomic mass is 32.1. The molecule has 0 bridgehead atoms. The molecule has 112 valence electrons. The van der Waals surface area contributed by atoms with Crippen LogP contribution in [-0.2, 0) is 0 Å². The fraction of sp³-hybridized carbons (Fsp3) is 0.375. The van der Waals surface area contributed by atoms with Crippen LogP contribution in [0.3, 0.4) is 0 Å². The van der Waals surface area contributed by atoms with Gasteiger partial charge in [-0.15, -0.1) is 11.3 Å². The van der Waals surface area contributed by atoms with E-state index in [2.05, 4.69) is 4.98 Å². The molecule has 0 saturated heterocycles. The smallest absolute Gasteiger partial charge is 0.224 e. The number of ether oxygens (including phenoxy) is 1. The number of carbonyl (C=O) groups is 1. The van der Waals surface area contributed by atoms with Crippen LogP contribution in [0.4, 0.5) is 0 Å². The van der Waals surface area contributed by atoms with Crippen LogP contribution in [0.5, 0.6) is 5.88 Å². The topological polar surface area (TPSA) is 65.2 Å². The quantitative estimate of drug-likeness (QED) is 0.570. The highest BCUT2D eigenvalue weighted by Crippen LogP contribution is 2.21. The van der Waals surface area contributed by atoms with Gasteiger partial charge in [-0.3, -0.25) is 4.79 Å². The maximum atomic E-state index is 12.4. The average Bonchev–Trinajstić information content (AvgIpc) is 3.05. The Bertz CT molecular complexity index is 555. The summed E-state index contributed by atoms with van der Waals surface area (Å²) in [6.45, 7) is 1.31. The van der Waals surface area contributed by atoms with Gasteiger partial charge in [0.1, 0.15) is 0 Å². The van der Waals surface area contributed by atoms with Crippen LogP contribution in [0, 0.1) is 0 Å². The number of rotatable bonds is 9. The molecule has 21 heavy (non-hydrogen) atoms. The highest BCUT2D eigenvalue weighted by molar-refractivity contribution is 7.12. The van der Waals surface area contributed by atoms with Crippen molar-refractivity contribution in [2.45, 2.75) is 25.7 Å². The van der Waals surface area contributed by atoms with Gasteiger partial charge < -0.3 is 10.5 Å². The lowest BCUT2D eigenvalue weighted by atomic mass is 10.1. The van der Waals surface area contributed by atoms with Gasteiger partial charge in [-0.05, 0) is 43.0 Å². The zero-order chi connectivity index (χ0) is 14.9. The second-order valence-electron chi connectivity index (χ2n) is 4.71. The van der Waals surface area contributed by atoms with Gasteiger partial charge in [0.2, 0.25) is 11.7 Å². The number of nitrogens with two attached hydrogens (primary N) is 1. The summed E-state index contributed by atoms with van der Waals surface area (Å²) in [7, 11) is 0. The van der Waals surface area contributed by atoms with Gasteiger partial charge >= 0.3 is 0 Å². The minimum Gasteiger partial charge on any atom is -0.477 e. The molecule has 0 aliphatic heterocycles. The second kappa shape index (κ2) is 8.54. The molecule has 0 saturated carbocycles. The van der Waals surface area contributed by atoms with Crippen molar-refractivity contribution < 1.29 is 9.53 Å². The van der Waals surface area contributed by atoms with Crippen LogP contribution < -0.4 is 10.5 Å². The molecule has 2 N–H and O–H groups in total. The van der Waals surface area contributed by atoms with Gasteiger partial charge in [0, 0.05) is 6.20 Å². The van der Waals surface area contributed by atoms with E-state index in [0.717, 1.165) is 32.2 Å². The number of hydrogen-bond donors (Lipinski definition) is 1. The Balaban J connectivity index is 1.93. The fourth-order valence-corrected chi connectivity index (χ4v) is 2.67. The molecule has 2 aromatic heterocycles. The van der Waals surface area contributed by atoms with Gasteiger partial charge in [-0.1, -0.05) is 18.9 Å². The Labute approximate surface area is 129 Å². The number of carbonyl (C=O) groups excluding carboxylic acids is 1. The van der Waals surface area contributed by atoms with E-state index in [1.807, 2.05) is 17.5 Å². The molecule has 0 amide bonds. The van der Waals surface area contributed by atoms with Crippen LogP contribution in [0.2, 0.25) is 0 Å². The van der Waals surface area contributed by atoms with E-state index in [1.165, 1.54) is 11.3 Å². The summed E-state index contributed by atoms with van der Waals surface area (Å²) in [4.78, 5) is 17.3. The second-order valence-corrected chi connectivity index (χ2v) is 5.66. The molecule has 0 aliphatic carbocycles. The summed E-state index contributed by atoms with van der Waals surface area (Å²) in [6, 6.07) is 7.20. The summed E-state index contributed by atoms with van der Waals surface area (Å²) in [5, 5.41) is 1.89. The predicted molar refractivity (Wildman–Crippen MR) is 85.0 cm³/mol. The first-order valence-corrected chi connectivity index (χ1v) is 8.07. The third-order valence-electron chi connectivity index (χ3n) is 3.10. The standard InChI is InChI=1S/C16H20N2O2S/c17-9-3-1-2-4-11-20-16-13(7-5-10-18-16)15(19)14-8-6-12-21-14/h5-8,10,12H,1-4,9,11,17H2. The summed E-state index contributed by atoms with van der Waals surface area (Å²) in [6.07, 6.45) is 5.84. The first kappa shape index (κ1) is 15.7. The van der Waals surface area contributed by atoms with Gasteiger partial charge in [0.15, 0.2) is 0 Å². The van der Waals surface area contributed by atoms with E-state index in [1.54, 1.807) is 18.3 Å². The minimum absolute atomic E-state index is 0.0313. The third kappa shape index (κ3) is 4.65. The number of pyridine rings is 1. The Morgan fingerprint density at radius 3 is 2.81 bits per heavy atom. The van der Waals surface area contributed by atoms with E-state index in [0.29, 0.717) is 22.9 Å². The number of ketones is 1. The Morgan fingerprint density at radius 2 is 2.05 bits per heavy atom. The SMILES string of the molecule is NCCCCCCOc1ncccc1C(=O)c1cccs1. The molecule has 2 rings (SSSR count). The van der Waals surface area contributed by atoms with Crippen LogP contribution in [-0.4, -0.2) is 23.9 Å². The van der Waals surface area contributed by atoms with Crippen molar-refractivity contribution in [3.63, 3.8) is 0 Å². The van der Waals surface area contributed by atoms with Crippen LogP contribution in [0.1, 0.15) is 40.9 Å². The lowest BCUT2D eigenvalue weighted by Gasteiger charge is -2.08. The molecule has 2 aromatic rings. The zero-order valence-electron chi connectivity index (χ0n) is 12.0. The molecule has 0 radical (unpaired) electrons. The van der Waals surface area contributed by atoms with Crippen molar-refractivity contribution in [1.29, 1.82) is 0 Å². The lowest BCUT2D eigenvalue weighted by molar-refractivity contribution is 0.103. The first-order valence-electron chi connectivity index (χ1n) is 7.19. The van der Waals surface area contributed by atoms with Gasteiger partial charge in [0.25, 0.3) is 0 Å². The lowest BCUT2D eigenvalue weighted by Crippen LogP contribution is -2.07. The number of unbranched alkanes of at least 4 members (excludes halogenated alkanes) is 3. The molecule has 0 unspecified atom stereocenters. The largest absolute Gasteiger partial charge is 0.477 e. The minimum atomic E-state index is -0.0313. The van der Waals surface area contributed by atoms with E-state index in [-0.39, 0.29) is 5.78 Å². The Morgan fingerprint density at radius 1 is 1.19 bits per heavy atom. The van der Waals surface area contributed by atoms with Crippen molar-refractivity contribution in [3.8, 4) is 5.88 Å². The summed E-state index contributed by atoms with van der Waals surface area (Å²) < 4.78 is 5.68.